The van der Waals surface area contributed by atoms with Gasteiger partial charge in [0.2, 0.25) is 0 Å². The first-order valence-electron chi connectivity index (χ1n) is 9.55. The van der Waals surface area contributed by atoms with Crippen molar-refractivity contribution >= 4 is 38.3 Å². The van der Waals surface area contributed by atoms with Crippen molar-refractivity contribution in [3.63, 3.8) is 0 Å². The van der Waals surface area contributed by atoms with Crippen molar-refractivity contribution in [1.82, 2.24) is 4.98 Å². The highest BCUT2D eigenvalue weighted by Gasteiger charge is 2.16. The number of hydrogen-bond acceptors (Lipinski definition) is 5. The van der Waals surface area contributed by atoms with Crippen molar-refractivity contribution in [2.45, 2.75) is 26.2 Å². The second kappa shape index (κ2) is 7.53. The van der Waals surface area contributed by atoms with E-state index in [0.717, 1.165) is 36.5 Å². The van der Waals surface area contributed by atoms with E-state index in [1.807, 2.05) is 30.3 Å². The summed E-state index contributed by atoms with van der Waals surface area (Å²) in [6, 6.07) is 14.0. The molecule has 0 saturated carbocycles. The Hall–Kier alpha value is -2.44. The summed E-state index contributed by atoms with van der Waals surface area (Å²) < 4.78 is 6.50. The van der Waals surface area contributed by atoms with E-state index in [0.29, 0.717) is 10.7 Å². The monoisotopic (exact) mass is 395 g/mol. The molecule has 146 valence electrons. The number of rotatable bonds is 3. The summed E-state index contributed by atoms with van der Waals surface area (Å²) in [6.45, 7) is 9.81. The summed E-state index contributed by atoms with van der Waals surface area (Å²) in [4.78, 5) is 19.5. The maximum absolute atomic E-state index is 12.6. The number of thiazole rings is 1. The molecule has 0 atom stereocenters. The number of hydrogen-bond donors (Lipinski definition) is 1. The molecule has 0 aliphatic carbocycles. The first-order chi connectivity index (χ1) is 13.4. The predicted octanol–water partition coefficient (Wildman–Crippen LogP) is 4.68. The van der Waals surface area contributed by atoms with Gasteiger partial charge in [0.25, 0.3) is 5.91 Å². The molecule has 0 unspecified atom stereocenters. The van der Waals surface area contributed by atoms with Gasteiger partial charge in [-0.05, 0) is 41.3 Å². The van der Waals surface area contributed by atoms with E-state index in [-0.39, 0.29) is 11.3 Å². The molecule has 0 spiro atoms. The molecule has 1 saturated heterocycles. The number of nitrogens with zero attached hydrogens (tertiary/aromatic N) is 2. The van der Waals surface area contributed by atoms with Gasteiger partial charge >= 0.3 is 0 Å². The summed E-state index contributed by atoms with van der Waals surface area (Å²) in [7, 11) is 0. The van der Waals surface area contributed by atoms with Crippen LogP contribution < -0.4 is 10.2 Å². The summed E-state index contributed by atoms with van der Waals surface area (Å²) >= 11 is 1.50. The lowest BCUT2D eigenvalue weighted by Crippen LogP contribution is -2.36. The summed E-state index contributed by atoms with van der Waals surface area (Å²) in [5, 5.41) is 3.56. The first kappa shape index (κ1) is 18.9. The Morgan fingerprint density at radius 1 is 1.11 bits per heavy atom. The average Bonchev–Trinajstić information content (AvgIpc) is 3.09. The summed E-state index contributed by atoms with van der Waals surface area (Å²) in [5.74, 6) is -0.132. The Labute approximate surface area is 169 Å². The number of carbonyl (C=O) groups excluding carboxylic acids is 1. The third kappa shape index (κ3) is 4.03. The van der Waals surface area contributed by atoms with Gasteiger partial charge in [-0.3, -0.25) is 10.1 Å². The van der Waals surface area contributed by atoms with Crippen molar-refractivity contribution in [3.8, 4) is 0 Å². The second-order valence-corrected chi connectivity index (χ2v) is 9.08. The number of fused-ring (bicyclic) bond motifs is 1. The quantitative estimate of drug-likeness (QED) is 0.699. The SMILES string of the molecule is CC(C)(C)c1ccc(C(=O)Nc2nc3ccc(N4CCOCC4)cc3s2)cc1. The largest absolute Gasteiger partial charge is 0.378 e. The predicted molar refractivity (Wildman–Crippen MR) is 116 cm³/mol. The van der Waals surface area contributed by atoms with Gasteiger partial charge in [0, 0.05) is 24.3 Å². The minimum absolute atomic E-state index is 0.0697. The van der Waals surface area contributed by atoms with Crippen LogP contribution in [0.5, 0.6) is 0 Å². The zero-order valence-corrected chi connectivity index (χ0v) is 17.3. The molecule has 1 fully saturated rings. The van der Waals surface area contributed by atoms with Gasteiger partial charge in [0.15, 0.2) is 5.13 Å². The van der Waals surface area contributed by atoms with Gasteiger partial charge in [0.05, 0.1) is 23.4 Å². The number of morpholine rings is 1. The van der Waals surface area contributed by atoms with Crippen molar-refractivity contribution in [2.75, 3.05) is 36.5 Å². The number of benzene rings is 2. The number of ether oxygens (including phenoxy) is 1. The van der Waals surface area contributed by atoms with Gasteiger partial charge in [-0.1, -0.05) is 44.2 Å². The van der Waals surface area contributed by atoms with Crippen LogP contribution in [-0.2, 0) is 10.2 Å². The van der Waals surface area contributed by atoms with E-state index in [1.54, 1.807) is 0 Å². The van der Waals surface area contributed by atoms with Crippen LogP contribution in [0.3, 0.4) is 0 Å². The van der Waals surface area contributed by atoms with Gasteiger partial charge in [-0.25, -0.2) is 4.98 Å². The molecule has 0 radical (unpaired) electrons. The highest BCUT2D eigenvalue weighted by Crippen LogP contribution is 2.30. The van der Waals surface area contributed by atoms with Crippen LogP contribution in [0.4, 0.5) is 10.8 Å². The zero-order valence-electron chi connectivity index (χ0n) is 16.5. The molecular weight excluding hydrogens is 370 g/mol. The fourth-order valence-corrected chi connectivity index (χ4v) is 4.17. The third-order valence-electron chi connectivity index (χ3n) is 4.98. The van der Waals surface area contributed by atoms with Crippen LogP contribution in [0.25, 0.3) is 10.2 Å². The lowest BCUT2D eigenvalue weighted by atomic mass is 9.87. The average molecular weight is 396 g/mol. The van der Waals surface area contributed by atoms with Crippen LogP contribution in [0.15, 0.2) is 42.5 Å². The van der Waals surface area contributed by atoms with Crippen LogP contribution in [0.2, 0.25) is 0 Å². The molecular formula is C22H25N3O2S. The molecule has 1 aliphatic heterocycles. The molecule has 2 heterocycles. The van der Waals surface area contributed by atoms with Crippen molar-refractivity contribution in [1.29, 1.82) is 0 Å². The van der Waals surface area contributed by atoms with Crippen LogP contribution >= 0.6 is 11.3 Å². The van der Waals surface area contributed by atoms with Crippen molar-refractivity contribution < 1.29 is 9.53 Å². The topological polar surface area (TPSA) is 54.5 Å². The normalized spacial score (nSPS) is 15.0. The molecule has 5 nitrogen and oxygen atoms in total. The highest BCUT2D eigenvalue weighted by atomic mass is 32.1. The molecule has 1 aliphatic rings. The van der Waals surface area contributed by atoms with Gasteiger partial charge < -0.3 is 9.64 Å². The summed E-state index contributed by atoms with van der Waals surface area (Å²) in [6.07, 6.45) is 0. The Kier molecular flexibility index (Phi) is 5.08. The number of anilines is 2. The van der Waals surface area contributed by atoms with E-state index in [2.05, 4.69) is 48.1 Å². The fraction of sp³-hybridized carbons (Fsp3) is 0.364. The van der Waals surface area contributed by atoms with E-state index in [1.165, 1.54) is 22.6 Å². The third-order valence-corrected chi connectivity index (χ3v) is 5.92. The van der Waals surface area contributed by atoms with E-state index in [4.69, 9.17) is 4.74 Å². The number of aromatic nitrogens is 1. The maximum Gasteiger partial charge on any atom is 0.257 e. The molecule has 28 heavy (non-hydrogen) atoms. The van der Waals surface area contributed by atoms with E-state index in [9.17, 15) is 4.79 Å². The lowest BCUT2D eigenvalue weighted by Gasteiger charge is -2.28. The van der Waals surface area contributed by atoms with Crippen LogP contribution in [0, 0.1) is 0 Å². The second-order valence-electron chi connectivity index (χ2n) is 8.05. The standard InChI is InChI=1S/C22H25N3O2S/c1-22(2,3)16-6-4-15(5-7-16)20(26)24-21-23-18-9-8-17(14-19(18)28-21)25-10-12-27-13-11-25/h4-9,14H,10-13H2,1-3H3,(H,23,24,26). The van der Waals surface area contributed by atoms with Gasteiger partial charge in [-0.2, -0.15) is 0 Å². The van der Waals surface area contributed by atoms with E-state index < -0.39 is 0 Å². The molecule has 6 heteroatoms. The highest BCUT2D eigenvalue weighted by molar-refractivity contribution is 7.22. The molecule has 2 aromatic carbocycles. The molecule has 3 aromatic rings. The Bertz CT molecular complexity index is 983. The lowest BCUT2D eigenvalue weighted by molar-refractivity contribution is 0.102. The maximum atomic E-state index is 12.6. The minimum Gasteiger partial charge on any atom is -0.378 e. The Morgan fingerprint density at radius 3 is 2.50 bits per heavy atom. The molecule has 1 aromatic heterocycles. The molecule has 1 amide bonds. The van der Waals surface area contributed by atoms with E-state index >= 15 is 0 Å². The minimum atomic E-state index is -0.132. The van der Waals surface area contributed by atoms with Gasteiger partial charge in [-0.15, -0.1) is 0 Å². The summed E-state index contributed by atoms with van der Waals surface area (Å²) in [5.41, 5.74) is 4.00. The molecule has 4 rings (SSSR count). The number of carbonyl (C=O) groups is 1. The molecule has 1 N–H and O–H groups in total. The Balaban J connectivity index is 1.50. The van der Waals surface area contributed by atoms with Crippen molar-refractivity contribution in [3.05, 3.63) is 53.6 Å². The number of amides is 1. The Morgan fingerprint density at radius 2 is 1.82 bits per heavy atom. The first-order valence-corrected chi connectivity index (χ1v) is 10.4. The number of nitrogens with one attached hydrogen (secondary N) is 1. The molecule has 0 bridgehead atoms. The van der Waals surface area contributed by atoms with Crippen LogP contribution in [0.1, 0.15) is 36.7 Å². The van der Waals surface area contributed by atoms with Gasteiger partial charge in [0.1, 0.15) is 0 Å². The fourth-order valence-electron chi connectivity index (χ4n) is 3.28. The smallest absolute Gasteiger partial charge is 0.257 e. The van der Waals surface area contributed by atoms with Crippen LogP contribution in [-0.4, -0.2) is 37.2 Å². The van der Waals surface area contributed by atoms with Crippen molar-refractivity contribution in [2.24, 2.45) is 0 Å². The zero-order chi connectivity index (χ0) is 19.7.